The molecule has 0 aliphatic carbocycles. The summed E-state index contributed by atoms with van der Waals surface area (Å²) in [5.74, 6) is 0.172. The monoisotopic (exact) mass is 147 g/mol. The summed E-state index contributed by atoms with van der Waals surface area (Å²) in [6.07, 6.45) is 1.53. The zero-order chi connectivity index (χ0) is 7.28. The molecule has 1 unspecified atom stereocenters. The molecule has 3 nitrogen and oxygen atoms in total. The molecule has 0 saturated carbocycles. The van der Waals surface area contributed by atoms with Gasteiger partial charge in [-0.25, -0.2) is 0 Å². The molecule has 0 aromatic heterocycles. The topological polar surface area (TPSA) is 49.3 Å². The number of hydrogen-bond acceptors (Lipinski definition) is 2. The van der Waals surface area contributed by atoms with E-state index in [0.29, 0.717) is 0 Å². The van der Waals surface area contributed by atoms with Crippen molar-refractivity contribution in [2.45, 2.75) is 6.92 Å². The Balaban J connectivity index is 3.39. The summed E-state index contributed by atoms with van der Waals surface area (Å²) in [5, 5.41) is 11.1. The third-order valence-corrected chi connectivity index (χ3v) is 0.981. The van der Waals surface area contributed by atoms with Crippen molar-refractivity contribution in [1.82, 2.24) is 5.32 Å². The summed E-state index contributed by atoms with van der Waals surface area (Å²) in [7, 11) is 1.96. The minimum absolute atomic E-state index is 0.172. The van der Waals surface area contributed by atoms with Gasteiger partial charge in [0.2, 0.25) is 5.65 Å². The summed E-state index contributed by atoms with van der Waals surface area (Å²) in [6.45, 7) is 1.91. The number of allylic oxidation sites excluding steroid dienone is 1. The Bertz CT molecular complexity index is 133. The zero-order valence-electron chi connectivity index (χ0n) is 5.22. The van der Waals surface area contributed by atoms with Crippen LogP contribution in [0.15, 0.2) is 11.8 Å². The van der Waals surface area contributed by atoms with Crippen molar-refractivity contribution in [3.8, 4) is 0 Å². The average Bonchev–Trinajstić information content (AvgIpc) is 1.83. The fourth-order valence-electron chi connectivity index (χ4n) is 0.280. The summed E-state index contributed by atoms with van der Waals surface area (Å²) in [5.41, 5.74) is -0.219. The Morgan fingerprint density at radius 3 is 2.78 bits per heavy atom. The largest absolute Gasteiger partial charge is 0.511 e. The maximum atomic E-state index is 10.2. The number of aliphatic hydroxyl groups is 1. The van der Waals surface area contributed by atoms with Gasteiger partial charge < -0.3 is 10.4 Å². The zero-order valence-corrected chi connectivity index (χ0v) is 6.37. The molecule has 1 atom stereocenters. The van der Waals surface area contributed by atoms with Gasteiger partial charge in [0.1, 0.15) is 5.76 Å². The van der Waals surface area contributed by atoms with E-state index >= 15 is 0 Å². The second-order valence-electron chi connectivity index (χ2n) is 1.50. The second-order valence-corrected chi connectivity index (χ2v) is 2.02. The van der Waals surface area contributed by atoms with Crippen LogP contribution in [-0.2, 0) is 0 Å². The molecular formula is C5H10NO2P. The van der Waals surface area contributed by atoms with Gasteiger partial charge in [-0.1, -0.05) is 0 Å². The van der Waals surface area contributed by atoms with Gasteiger partial charge in [-0.2, -0.15) is 0 Å². The number of rotatable bonds is 2. The Morgan fingerprint density at radius 2 is 2.44 bits per heavy atom. The van der Waals surface area contributed by atoms with Crippen LogP contribution < -0.4 is 5.32 Å². The third kappa shape index (κ3) is 5.31. The van der Waals surface area contributed by atoms with Crippen LogP contribution in [0.4, 0.5) is 4.79 Å². The molecular weight excluding hydrogens is 137 g/mol. The van der Waals surface area contributed by atoms with E-state index in [1.807, 2.05) is 9.24 Å². The Morgan fingerprint density at radius 1 is 1.89 bits per heavy atom. The number of hydrogen-bond donors (Lipinski definition) is 2. The van der Waals surface area contributed by atoms with Gasteiger partial charge in [0.05, 0.1) is 6.54 Å². The molecule has 0 heterocycles. The Kier molecular flexibility index (Phi) is 4.06. The van der Waals surface area contributed by atoms with Crippen LogP contribution in [0.25, 0.3) is 0 Å². The van der Waals surface area contributed by atoms with Crippen molar-refractivity contribution in [3.05, 3.63) is 11.8 Å². The van der Waals surface area contributed by atoms with Gasteiger partial charge in [0, 0.05) is 0 Å². The molecule has 0 aromatic rings. The predicted molar refractivity (Wildman–Crippen MR) is 39.5 cm³/mol. The van der Waals surface area contributed by atoms with Gasteiger partial charge in [0.25, 0.3) is 0 Å². The van der Waals surface area contributed by atoms with E-state index in [2.05, 4.69) is 5.32 Å². The molecule has 0 spiro atoms. The van der Waals surface area contributed by atoms with E-state index < -0.39 is 0 Å². The van der Waals surface area contributed by atoms with E-state index in [1.165, 1.54) is 6.08 Å². The van der Waals surface area contributed by atoms with Crippen molar-refractivity contribution < 1.29 is 9.90 Å². The number of nitrogens with one attached hydrogen (secondary N) is 1. The normalized spacial score (nSPS) is 11.1. The first-order valence-corrected chi connectivity index (χ1v) is 3.12. The lowest BCUT2D eigenvalue weighted by Crippen LogP contribution is -2.18. The van der Waals surface area contributed by atoms with Crippen molar-refractivity contribution in [2.75, 3.05) is 6.54 Å². The summed E-state index contributed by atoms with van der Waals surface area (Å²) >= 11 is 0. The minimum atomic E-state index is -0.219. The first-order valence-electron chi connectivity index (χ1n) is 2.54. The highest BCUT2D eigenvalue weighted by Crippen LogP contribution is 1.86. The molecule has 4 heteroatoms. The van der Waals surface area contributed by atoms with Crippen LogP contribution in [0.1, 0.15) is 6.92 Å². The smallest absolute Gasteiger partial charge is 0.235 e. The molecule has 0 aliphatic rings. The van der Waals surface area contributed by atoms with Crippen molar-refractivity contribution in [2.24, 2.45) is 0 Å². The van der Waals surface area contributed by atoms with Gasteiger partial charge in [-0.3, -0.25) is 4.79 Å². The average molecular weight is 147 g/mol. The molecule has 2 N–H and O–H groups in total. The number of amides is 1. The van der Waals surface area contributed by atoms with Crippen LogP contribution in [0.5, 0.6) is 0 Å². The predicted octanol–water partition coefficient (Wildman–Crippen LogP) is 1.03. The molecule has 0 aliphatic heterocycles. The highest BCUT2D eigenvalue weighted by Gasteiger charge is 1.91. The molecule has 1 amide bonds. The summed E-state index contributed by atoms with van der Waals surface area (Å²) in [4.78, 5) is 10.2. The Hall–Kier alpha value is -0.560. The summed E-state index contributed by atoms with van der Waals surface area (Å²) < 4.78 is 0. The summed E-state index contributed by atoms with van der Waals surface area (Å²) in [6, 6.07) is 0. The first kappa shape index (κ1) is 8.44. The maximum absolute atomic E-state index is 10.2. The molecule has 0 saturated heterocycles. The van der Waals surface area contributed by atoms with Crippen molar-refractivity contribution in [3.63, 3.8) is 0 Å². The molecule has 0 bridgehead atoms. The highest BCUT2D eigenvalue weighted by molar-refractivity contribution is 7.39. The molecule has 0 radical (unpaired) electrons. The maximum Gasteiger partial charge on any atom is 0.235 e. The van der Waals surface area contributed by atoms with Crippen molar-refractivity contribution >= 4 is 14.9 Å². The number of aliphatic hydroxyl groups excluding tert-OH is 1. The van der Waals surface area contributed by atoms with Crippen LogP contribution in [0, 0.1) is 0 Å². The molecule has 9 heavy (non-hydrogen) atoms. The van der Waals surface area contributed by atoms with E-state index in [0.717, 1.165) is 0 Å². The first-order chi connectivity index (χ1) is 4.16. The number of carbonyl (C=O) groups excluding carboxylic acids is 1. The second kappa shape index (κ2) is 4.33. The van der Waals surface area contributed by atoms with Crippen molar-refractivity contribution in [1.29, 1.82) is 0 Å². The van der Waals surface area contributed by atoms with Gasteiger partial charge >= 0.3 is 0 Å². The standard InChI is InChI=1S/C5H10NO2P/c1-2-4(7)3-6-5(8)9/h2,7H,3,9H2,1H3,(H,6,8). The van der Waals surface area contributed by atoms with Gasteiger partial charge in [-0.05, 0) is 22.2 Å². The fraction of sp³-hybridized carbons (Fsp3) is 0.400. The molecule has 0 rings (SSSR count). The SMILES string of the molecule is CC=C(O)CNC(=O)P. The van der Waals surface area contributed by atoms with Gasteiger partial charge in [-0.15, -0.1) is 0 Å². The third-order valence-electron chi connectivity index (χ3n) is 0.777. The van der Waals surface area contributed by atoms with Crippen LogP contribution in [-0.4, -0.2) is 17.3 Å². The molecule has 0 fully saturated rings. The van der Waals surface area contributed by atoms with Crippen LogP contribution in [0.2, 0.25) is 0 Å². The van der Waals surface area contributed by atoms with E-state index in [-0.39, 0.29) is 18.0 Å². The lowest BCUT2D eigenvalue weighted by Gasteiger charge is -1.97. The molecule has 52 valence electrons. The van der Waals surface area contributed by atoms with E-state index in [4.69, 9.17) is 5.11 Å². The lowest BCUT2D eigenvalue weighted by molar-refractivity contribution is 0.259. The minimum Gasteiger partial charge on any atom is -0.511 e. The Labute approximate surface area is 56.3 Å². The van der Waals surface area contributed by atoms with Gasteiger partial charge in [0.15, 0.2) is 0 Å². The van der Waals surface area contributed by atoms with E-state index in [9.17, 15) is 4.79 Å². The number of carbonyl (C=O) groups is 1. The fourth-order valence-corrected chi connectivity index (χ4v) is 0.382. The highest BCUT2D eigenvalue weighted by atomic mass is 31.0. The lowest BCUT2D eigenvalue weighted by atomic mass is 10.5. The van der Waals surface area contributed by atoms with Crippen LogP contribution >= 0.6 is 9.24 Å². The molecule has 0 aromatic carbocycles. The van der Waals surface area contributed by atoms with Crippen LogP contribution in [0.3, 0.4) is 0 Å². The quantitative estimate of drug-likeness (QED) is 0.452. The van der Waals surface area contributed by atoms with E-state index in [1.54, 1.807) is 6.92 Å².